The molecule has 0 spiro atoms. The quantitative estimate of drug-likeness (QED) is 0.720. The van der Waals surface area contributed by atoms with Gasteiger partial charge in [0.1, 0.15) is 18.4 Å². The Labute approximate surface area is 166 Å². The van der Waals surface area contributed by atoms with E-state index in [9.17, 15) is 4.79 Å². The Kier molecular flexibility index (Phi) is 4.30. The van der Waals surface area contributed by atoms with E-state index < -0.39 is 0 Å². The van der Waals surface area contributed by atoms with Crippen LogP contribution in [0.5, 0.6) is 0 Å². The summed E-state index contributed by atoms with van der Waals surface area (Å²) in [7, 11) is 0. The van der Waals surface area contributed by atoms with Crippen molar-refractivity contribution in [1.82, 2.24) is 44.9 Å². The first-order valence-electron chi connectivity index (χ1n) is 9.66. The number of nitrogens with zero attached hydrogens (tertiary/aromatic N) is 8. The highest BCUT2D eigenvalue weighted by Crippen LogP contribution is 2.29. The van der Waals surface area contributed by atoms with Crippen LogP contribution in [-0.4, -0.2) is 45.4 Å². The molecular formula is C19H21N9O. The smallest absolute Gasteiger partial charge is 0.260 e. The molecule has 1 aliphatic heterocycles. The molecule has 148 valence electrons. The molecule has 0 saturated carbocycles. The van der Waals surface area contributed by atoms with Crippen LogP contribution in [0, 0.1) is 5.92 Å². The van der Waals surface area contributed by atoms with E-state index in [1.807, 2.05) is 0 Å². The third-order valence-corrected chi connectivity index (χ3v) is 5.26. The van der Waals surface area contributed by atoms with Gasteiger partial charge in [0, 0.05) is 12.4 Å². The summed E-state index contributed by atoms with van der Waals surface area (Å²) in [6.07, 6.45) is 13.9. The zero-order valence-electron chi connectivity index (χ0n) is 16.1. The molecule has 10 nitrogen and oxygen atoms in total. The number of amides is 1. The average molecular weight is 391 g/mol. The fourth-order valence-corrected chi connectivity index (χ4v) is 3.59. The minimum Gasteiger partial charge on any atom is -0.284 e. The summed E-state index contributed by atoms with van der Waals surface area (Å²) >= 11 is 0. The molecule has 0 aromatic carbocycles. The minimum atomic E-state index is -0.203. The lowest BCUT2D eigenvalue weighted by Gasteiger charge is -2.23. The topological polar surface area (TPSA) is 107 Å². The van der Waals surface area contributed by atoms with Gasteiger partial charge in [-0.15, -0.1) is 0 Å². The molecule has 2 aliphatic rings. The second kappa shape index (κ2) is 7.12. The monoisotopic (exact) mass is 391 g/mol. The van der Waals surface area contributed by atoms with E-state index in [0.717, 1.165) is 30.8 Å². The predicted octanol–water partition coefficient (Wildman–Crippen LogP) is 1.60. The minimum absolute atomic E-state index is 0.0503. The maximum absolute atomic E-state index is 12.5. The van der Waals surface area contributed by atoms with Crippen molar-refractivity contribution in [3.8, 4) is 0 Å². The van der Waals surface area contributed by atoms with E-state index in [2.05, 4.69) is 38.6 Å². The van der Waals surface area contributed by atoms with Crippen LogP contribution in [0.4, 0.5) is 0 Å². The molecule has 1 atom stereocenters. The largest absolute Gasteiger partial charge is 0.284 e. The Balaban J connectivity index is 1.31. The van der Waals surface area contributed by atoms with Crippen molar-refractivity contribution in [2.24, 2.45) is 5.92 Å². The Morgan fingerprint density at radius 1 is 1.24 bits per heavy atom. The van der Waals surface area contributed by atoms with Gasteiger partial charge in [-0.3, -0.25) is 15.2 Å². The first-order valence-corrected chi connectivity index (χ1v) is 9.66. The molecule has 10 heteroatoms. The van der Waals surface area contributed by atoms with Gasteiger partial charge in [0.25, 0.3) is 5.91 Å². The van der Waals surface area contributed by atoms with E-state index in [1.54, 1.807) is 39.2 Å². The van der Waals surface area contributed by atoms with Gasteiger partial charge < -0.3 is 0 Å². The summed E-state index contributed by atoms with van der Waals surface area (Å²) in [4.78, 5) is 25.9. The number of carbonyl (C=O) groups is 1. The molecule has 1 aliphatic carbocycles. The number of allylic oxidation sites excluding steroid dienone is 2. The zero-order chi connectivity index (χ0) is 19.8. The van der Waals surface area contributed by atoms with Crippen molar-refractivity contribution in [1.29, 1.82) is 0 Å². The normalized spacial score (nSPS) is 18.6. The van der Waals surface area contributed by atoms with Gasteiger partial charge >= 0.3 is 0 Å². The summed E-state index contributed by atoms with van der Waals surface area (Å²) in [5, 5.41) is 10.0. The Morgan fingerprint density at radius 2 is 2.17 bits per heavy atom. The van der Waals surface area contributed by atoms with Gasteiger partial charge in [0.05, 0.1) is 24.6 Å². The molecule has 5 rings (SSSR count). The van der Waals surface area contributed by atoms with Crippen molar-refractivity contribution in [3.05, 3.63) is 42.5 Å². The molecule has 1 unspecified atom stereocenters. The number of carbonyl (C=O) groups excluding carboxylic acids is 1. The van der Waals surface area contributed by atoms with E-state index in [-0.39, 0.29) is 12.5 Å². The van der Waals surface area contributed by atoms with E-state index in [4.69, 9.17) is 4.98 Å². The highest BCUT2D eigenvalue weighted by Gasteiger charge is 2.18. The number of nitrogens with one attached hydrogen (secondary N) is 1. The van der Waals surface area contributed by atoms with Gasteiger partial charge in [-0.1, -0.05) is 13.0 Å². The number of rotatable bonds is 4. The van der Waals surface area contributed by atoms with Crippen LogP contribution in [0.2, 0.25) is 0 Å². The number of hydrogen-bond donors (Lipinski definition) is 1. The first-order chi connectivity index (χ1) is 14.2. The average Bonchev–Trinajstić information content (AvgIpc) is 3.35. The Hall–Kier alpha value is -3.56. The van der Waals surface area contributed by atoms with Crippen LogP contribution < -0.4 is 5.43 Å². The second-order valence-corrected chi connectivity index (χ2v) is 7.46. The molecule has 1 amide bonds. The molecule has 0 saturated heterocycles. The molecule has 0 radical (unpaired) electrons. The van der Waals surface area contributed by atoms with Gasteiger partial charge in [-0.05, 0) is 30.8 Å². The number of hydrogen-bond acceptors (Lipinski definition) is 7. The van der Waals surface area contributed by atoms with Crippen LogP contribution in [0.3, 0.4) is 0 Å². The lowest BCUT2D eigenvalue weighted by atomic mass is 9.90. The lowest BCUT2D eigenvalue weighted by molar-refractivity contribution is -0.125. The summed E-state index contributed by atoms with van der Waals surface area (Å²) in [5.41, 5.74) is 6.22. The molecule has 3 aromatic heterocycles. The fourth-order valence-electron chi connectivity index (χ4n) is 3.59. The third-order valence-electron chi connectivity index (χ3n) is 5.26. The van der Waals surface area contributed by atoms with Crippen molar-refractivity contribution in [2.45, 2.75) is 39.3 Å². The maximum atomic E-state index is 12.5. The van der Waals surface area contributed by atoms with Crippen LogP contribution in [0.15, 0.2) is 31.0 Å². The van der Waals surface area contributed by atoms with Crippen LogP contribution in [0.1, 0.15) is 37.7 Å². The number of hydrazine groups is 1. The first kappa shape index (κ1) is 17.5. The van der Waals surface area contributed by atoms with Crippen molar-refractivity contribution in [2.75, 3.05) is 0 Å². The molecule has 4 heterocycles. The summed E-state index contributed by atoms with van der Waals surface area (Å²) < 4.78 is 3.25. The molecule has 0 bridgehead atoms. The van der Waals surface area contributed by atoms with Gasteiger partial charge in [-0.2, -0.15) is 10.2 Å². The molecular weight excluding hydrogens is 370 g/mol. The Morgan fingerprint density at radius 3 is 3.03 bits per heavy atom. The molecule has 0 fully saturated rings. The van der Waals surface area contributed by atoms with Gasteiger partial charge in [-0.25, -0.2) is 24.3 Å². The van der Waals surface area contributed by atoms with Crippen LogP contribution >= 0.6 is 0 Å². The van der Waals surface area contributed by atoms with E-state index in [1.165, 1.54) is 11.9 Å². The zero-order valence-corrected chi connectivity index (χ0v) is 16.1. The maximum Gasteiger partial charge on any atom is 0.260 e. The molecule has 29 heavy (non-hydrogen) atoms. The Bertz CT molecular complexity index is 1130. The van der Waals surface area contributed by atoms with Crippen LogP contribution in [-0.2, 0) is 17.9 Å². The van der Waals surface area contributed by atoms with Crippen molar-refractivity contribution < 1.29 is 4.79 Å². The van der Waals surface area contributed by atoms with E-state index in [0.29, 0.717) is 23.6 Å². The SMILES string of the molecule is CC1CC=C(c2cnc3cnn(CC(=O)NN4C=Cn5ncnc5C4)c3n2)CC1. The fraction of sp³-hybridized carbons (Fsp3) is 0.368. The summed E-state index contributed by atoms with van der Waals surface area (Å²) in [6, 6.07) is 0. The van der Waals surface area contributed by atoms with Gasteiger partial charge in [0.2, 0.25) is 0 Å². The summed E-state index contributed by atoms with van der Waals surface area (Å²) in [5.74, 6) is 1.26. The molecule has 3 aromatic rings. The van der Waals surface area contributed by atoms with Gasteiger partial charge in [0.15, 0.2) is 11.5 Å². The summed E-state index contributed by atoms with van der Waals surface area (Å²) in [6.45, 7) is 2.75. The van der Waals surface area contributed by atoms with Crippen molar-refractivity contribution in [3.63, 3.8) is 0 Å². The molecule has 1 N–H and O–H groups in total. The third kappa shape index (κ3) is 3.48. The van der Waals surface area contributed by atoms with Crippen molar-refractivity contribution >= 4 is 28.8 Å². The highest BCUT2D eigenvalue weighted by atomic mass is 16.2. The highest BCUT2D eigenvalue weighted by molar-refractivity contribution is 5.79. The van der Waals surface area contributed by atoms with E-state index >= 15 is 0 Å². The second-order valence-electron chi connectivity index (χ2n) is 7.46. The number of fused-ring (bicyclic) bond motifs is 2. The van der Waals surface area contributed by atoms with Crippen LogP contribution in [0.25, 0.3) is 22.9 Å². The predicted molar refractivity (Wildman–Crippen MR) is 105 cm³/mol. The standard InChI is InChI=1S/C19H21N9O/c1-13-2-4-14(5-3-13)15-8-20-16-9-22-28(19(16)24-15)11-18(29)25-26-6-7-27-17(10-26)21-12-23-27/h4,6-9,12-13H,2-3,5,10-11H2,1H3,(H,25,29). The number of aromatic nitrogens is 7. The lowest BCUT2D eigenvalue weighted by Crippen LogP contribution is -2.41.